The SMILES string of the molecule is BrC12C=CC(I)=CC1O2. The molecule has 0 N–H and O–H groups in total. The number of allylic oxidation sites excluding steroid dienone is 2. The van der Waals surface area contributed by atoms with Gasteiger partial charge in [0, 0.05) is 3.58 Å². The predicted octanol–water partition coefficient (Wildman–Crippen LogP) is 2.37. The van der Waals surface area contributed by atoms with Gasteiger partial charge in [0.25, 0.3) is 0 Å². The Labute approximate surface area is 75.4 Å². The molecule has 48 valence electrons. The highest BCUT2D eigenvalue weighted by atomic mass is 127. The van der Waals surface area contributed by atoms with E-state index in [9.17, 15) is 0 Å². The van der Waals surface area contributed by atoms with Gasteiger partial charge in [0.15, 0.2) is 4.51 Å². The molecule has 1 nitrogen and oxygen atoms in total. The van der Waals surface area contributed by atoms with Gasteiger partial charge in [-0.25, -0.2) is 0 Å². The first-order chi connectivity index (χ1) is 4.21. The lowest BCUT2D eigenvalue weighted by Crippen LogP contribution is -2.01. The van der Waals surface area contributed by atoms with Crippen molar-refractivity contribution in [3.63, 3.8) is 0 Å². The molecule has 2 aliphatic rings. The van der Waals surface area contributed by atoms with Gasteiger partial charge >= 0.3 is 0 Å². The Hall–Kier alpha value is 0.650. The molecule has 0 spiro atoms. The summed E-state index contributed by atoms with van der Waals surface area (Å²) in [6, 6.07) is 0. The molecule has 1 aliphatic carbocycles. The monoisotopic (exact) mass is 298 g/mol. The Balaban J connectivity index is 2.31. The molecule has 1 heterocycles. The number of halogens is 2. The summed E-state index contributed by atoms with van der Waals surface area (Å²) in [5.74, 6) is 0. The van der Waals surface area contributed by atoms with Crippen molar-refractivity contribution in [1.29, 1.82) is 0 Å². The van der Waals surface area contributed by atoms with Crippen molar-refractivity contribution in [2.24, 2.45) is 0 Å². The number of hydrogen-bond donors (Lipinski definition) is 0. The number of epoxide rings is 1. The molecule has 0 aromatic rings. The second-order valence-electron chi connectivity index (χ2n) is 2.12. The normalized spacial score (nSPS) is 46.0. The maximum absolute atomic E-state index is 5.28. The molecule has 2 unspecified atom stereocenters. The van der Waals surface area contributed by atoms with Gasteiger partial charge in [-0.3, -0.25) is 0 Å². The van der Waals surface area contributed by atoms with E-state index in [-0.39, 0.29) is 10.6 Å². The van der Waals surface area contributed by atoms with Gasteiger partial charge in [-0.05, 0) is 56.7 Å². The number of rotatable bonds is 0. The van der Waals surface area contributed by atoms with Crippen LogP contribution in [0.2, 0.25) is 0 Å². The zero-order valence-corrected chi connectivity index (χ0v) is 8.22. The van der Waals surface area contributed by atoms with E-state index in [1.165, 1.54) is 3.58 Å². The topological polar surface area (TPSA) is 12.5 Å². The predicted molar refractivity (Wildman–Crippen MR) is 47.8 cm³/mol. The Morgan fingerprint density at radius 1 is 1.78 bits per heavy atom. The largest absolute Gasteiger partial charge is 0.345 e. The first-order valence-corrected chi connectivity index (χ1v) is 4.51. The van der Waals surface area contributed by atoms with Gasteiger partial charge in [-0.15, -0.1) is 0 Å². The minimum Gasteiger partial charge on any atom is -0.345 e. The molecule has 0 aromatic heterocycles. The van der Waals surface area contributed by atoms with Crippen LogP contribution >= 0.6 is 38.5 Å². The van der Waals surface area contributed by atoms with Gasteiger partial charge in [0.2, 0.25) is 0 Å². The third kappa shape index (κ3) is 0.991. The lowest BCUT2D eigenvalue weighted by atomic mass is 10.2. The van der Waals surface area contributed by atoms with Gasteiger partial charge < -0.3 is 4.74 Å². The van der Waals surface area contributed by atoms with Gasteiger partial charge in [0.05, 0.1) is 0 Å². The molecule has 2 rings (SSSR count). The van der Waals surface area contributed by atoms with Crippen LogP contribution < -0.4 is 0 Å². The van der Waals surface area contributed by atoms with Crippen molar-refractivity contribution in [3.8, 4) is 0 Å². The van der Waals surface area contributed by atoms with Crippen molar-refractivity contribution >= 4 is 38.5 Å². The Bertz CT molecular complexity index is 211. The van der Waals surface area contributed by atoms with Crippen molar-refractivity contribution < 1.29 is 4.74 Å². The zero-order valence-electron chi connectivity index (χ0n) is 4.47. The van der Waals surface area contributed by atoms with Crippen LogP contribution in [0.5, 0.6) is 0 Å². The summed E-state index contributed by atoms with van der Waals surface area (Å²) in [6.45, 7) is 0. The van der Waals surface area contributed by atoms with Gasteiger partial charge in [-0.2, -0.15) is 0 Å². The molecule has 0 bridgehead atoms. The lowest BCUT2D eigenvalue weighted by molar-refractivity contribution is 0.403. The van der Waals surface area contributed by atoms with Crippen LogP contribution in [0, 0.1) is 0 Å². The standard InChI is InChI=1S/C6H4BrIO/c7-6-2-1-4(8)3-5(6)9-6/h1-3,5H. The summed E-state index contributed by atoms with van der Waals surface area (Å²) >= 11 is 5.72. The van der Waals surface area contributed by atoms with Crippen LogP contribution in [-0.4, -0.2) is 10.6 Å². The average molecular weight is 299 g/mol. The highest BCUT2D eigenvalue weighted by Crippen LogP contribution is 2.48. The van der Waals surface area contributed by atoms with Crippen molar-refractivity contribution in [3.05, 3.63) is 21.8 Å². The van der Waals surface area contributed by atoms with Crippen LogP contribution in [0.25, 0.3) is 0 Å². The molecule has 0 amide bonds. The number of ether oxygens (including phenoxy) is 1. The Morgan fingerprint density at radius 3 is 3.11 bits per heavy atom. The quantitative estimate of drug-likeness (QED) is 0.380. The van der Waals surface area contributed by atoms with E-state index in [4.69, 9.17) is 4.74 Å². The van der Waals surface area contributed by atoms with Crippen LogP contribution in [0.15, 0.2) is 21.8 Å². The van der Waals surface area contributed by atoms with Crippen LogP contribution in [-0.2, 0) is 4.74 Å². The number of fused-ring (bicyclic) bond motifs is 1. The van der Waals surface area contributed by atoms with Crippen LogP contribution in [0.3, 0.4) is 0 Å². The van der Waals surface area contributed by atoms with E-state index in [1.54, 1.807) is 0 Å². The molecule has 9 heavy (non-hydrogen) atoms. The second kappa shape index (κ2) is 1.83. The van der Waals surface area contributed by atoms with Crippen LogP contribution in [0.1, 0.15) is 0 Å². The molecular weight excluding hydrogens is 295 g/mol. The van der Waals surface area contributed by atoms with E-state index < -0.39 is 0 Å². The van der Waals surface area contributed by atoms with Gasteiger partial charge in [-0.1, -0.05) is 0 Å². The molecule has 0 saturated carbocycles. The number of alkyl halides is 1. The van der Waals surface area contributed by atoms with Crippen molar-refractivity contribution in [2.45, 2.75) is 10.6 Å². The maximum Gasteiger partial charge on any atom is 0.172 e. The molecular formula is C6H4BrIO. The van der Waals surface area contributed by atoms with Crippen molar-refractivity contribution in [2.75, 3.05) is 0 Å². The first kappa shape index (κ1) is 6.37. The average Bonchev–Trinajstić information content (AvgIpc) is 2.41. The van der Waals surface area contributed by atoms with Gasteiger partial charge in [0.1, 0.15) is 6.10 Å². The van der Waals surface area contributed by atoms with E-state index in [0.717, 1.165) is 0 Å². The molecule has 3 heteroatoms. The minimum absolute atomic E-state index is 0.123. The Kier molecular flexibility index (Phi) is 1.29. The molecule has 0 radical (unpaired) electrons. The van der Waals surface area contributed by atoms with E-state index in [1.807, 2.05) is 6.08 Å². The summed E-state index contributed by atoms with van der Waals surface area (Å²) in [5, 5.41) is 0. The summed E-state index contributed by atoms with van der Waals surface area (Å²) < 4.78 is 6.42. The third-order valence-electron chi connectivity index (χ3n) is 1.42. The molecule has 2 atom stereocenters. The molecule has 1 fully saturated rings. The molecule has 0 aromatic carbocycles. The van der Waals surface area contributed by atoms with Crippen molar-refractivity contribution in [1.82, 2.24) is 0 Å². The summed E-state index contributed by atoms with van der Waals surface area (Å²) in [6.07, 6.45) is 6.49. The highest BCUT2D eigenvalue weighted by Gasteiger charge is 2.52. The smallest absolute Gasteiger partial charge is 0.172 e. The maximum atomic E-state index is 5.28. The van der Waals surface area contributed by atoms with Crippen LogP contribution in [0.4, 0.5) is 0 Å². The first-order valence-electron chi connectivity index (χ1n) is 2.64. The second-order valence-corrected chi connectivity index (χ2v) is 4.61. The number of hydrogen-bond acceptors (Lipinski definition) is 1. The minimum atomic E-state index is -0.123. The van der Waals surface area contributed by atoms with E-state index in [0.29, 0.717) is 0 Å². The van der Waals surface area contributed by atoms with E-state index >= 15 is 0 Å². The summed E-state index contributed by atoms with van der Waals surface area (Å²) in [5.41, 5.74) is 0. The molecule has 1 saturated heterocycles. The lowest BCUT2D eigenvalue weighted by Gasteiger charge is -1.98. The fraction of sp³-hybridized carbons (Fsp3) is 0.333. The zero-order chi connectivity index (χ0) is 6.48. The summed E-state index contributed by atoms with van der Waals surface area (Å²) in [4.78, 5) is 0. The highest BCUT2D eigenvalue weighted by molar-refractivity contribution is 14.1. The fourth-order valence-corrected chi connectivity index (χ4v) is 1.81. The third-order valence-corrected chi connectivity index (χ3v) is 3.04. The van der Waals surface area contributed by atoms with E-state index in [2.05, 4.69) is 50.7 Å². The summed E-state index contributed by atoms with van der Waals surface area (Å²) in [7, 11) is 0. The molecule has 1 aliphatic heterocycles. The fourth-order valence-electron chi connectivity index (χ4n) is 0.836. The Morgan fingerprint density at radius 2 is 2.56 bits per heavy atom.